The molecule has 1 amide bonds. The fourth-order valence-electron chi connectivity index (χ4n) is 2.99. The molecule has 0 unspecified atom stereocenters. The average Bonchev–Trinajstić information content (AvgIpc) is 3.03. The number of hydrazone groups is 1. The van der Waals surface area contributed by atoms with Crippen LogP contribution in [-0.4, -0.2) is 28.5 Å². The van der Waals surface area contributed by atoms with Crippen LogP contribution in [-0.2, 0) is 17.9 Å². The number of rotatable bonds is 8. The molecule has 0 fully saturated rings. The van der Waals surface area contributed by atoms with Crippen LogP contribution in [0.5, 0.6) is 11.5 Å². The van der Waals surface area contributed by atoms with E-state index >= 15 is 0 Å². The van der Waals surface area contributed by atoms with E-state index in [1.807, 2.05) is 13.8 Å². The highest BCUT2D eigenvalue weighted by Crippen LogP contribution is 2.29. The van der Waals surface area contributed by atoms with Gasteiger partial charge in [-0.05, 0) is 61.0 Å². The van der Waals surface area contributed by atoms with Crippen molar-refractivity contribution in [3.05, 3.63) is 75.3 Å². The topological polar surface area (TPSA) is 77.7 Å². The SMILES string of the molecule is COc1cc(C(C)=NNC(=O)Cn2nc(C)c(Br)c2C)ccc1OCc1ccccc1F. The van der Waals surface area contributed by atoms with Gasteiger partial charge in [0.2, 0.25) is 0 Å². The van der Waals surface area contributed by atoms with E-state index < -0.39 is 0 Å². The summed E-state index contributed by atoms with van der Waals surface area (Å²) in [6, 6.07) is 11.7. The summed E-state index contributed by atoms with van der Waals surface area (Å²) < 4.78 is 27.4. The summed E-state index contributed by atoms with van der Waals surface area (Å²) in [5, 5.41) is 8.50. The predicted molar refractivity (Wildman–Crippen MR) is 123 cm³/mol. The summed E-state index contributed by atoms with van der Waals surface area (Å²) >= 11 is 3.45. The molecule has 0 spiro atoms. The van der Waals surface area contributed by atoms with Crippen molar-refractivity contribution in [3.63, 3.8) is 0 Å². The molecular formula is C23H24BrFN4O3. The van der Waals surface area contributed by atoms with Crippen molar-refractivity contribution in [2.75, 3.05) is 7.11 Å². The fraction of sp³-hybridized carbons (Fsp3) is 0.261. The van der Waals surface area contributed by atoms with Crippen molar-refractivity contribution in [1.82, 2.24) is 15.2 Å². The number of carbonyl (C=O) groups is 1. The fourth-order valence-corrected chi connectivity index (χ4v) is 3.28. The number of nitrogens with zero attached hydrogens (tertiary/aromatic N) is 3. The number of amides is 1. The molecule has 9 heteroatoms. The van der Waals surface area contributed by atoms with Crippen molar-refractivity contribution in [3.8, 4) is 11.5 Å². The Hall–Kier alpha value is -3.20. The summed E-state index contributed by atoms with van der Waals surface area (Å²) in [6.45, 7) is 5.66. The van der Waals surface area contributed by atoms with Crippen LogP contribution in [0.15, 0.2) is 52.0 Å². The number of aromatic nitrogens is 2. The molecule has 7 nitrogen and oxygen atoms in total. The molecule has 0 aliphatic carbocycles. The Morgan fingerprint density at radius 2 is 1.97 bits per heavy atom. The minimum atomic E-state index is -0.324. The van der Waals surface area contributed by atoms with E-state index in [9.17, 15) is 9.18 Å². The van der Waals surface area contributed by atoms with Gasteiger partial charge in [0.1, 0.15) is 19.0 Å². The second-order valence-corrected chi connectivity index (χ2v) is 7.91. The van der Waals surface area contributed by atoms with Gasteiger partial charge >= 0.3 is 0 Å². The Labute approximate surface area is 194 Å². The van der Waals surface area contributed by atoms with Crippen molar-refractivity contribution >= 4 is 27.5 Å². The van der Waals surface area contributed by atoms with Crippen LogP contribution in [0.3, 0.4) is 0 Å². The lowest BCUT2D eigenvalue weighted by molar-refractivity contribution is -0.121. The average molecular weight is 503 g/mol. The Morgan fingerprint density at radius 1 is 1.22 bits per heavy atom. The minimum absolute atomic E-state index is 0.0567. The normalized spacial score (nSPS) is 11.4. The zero-order valence-corrected chi connectivity index (χ0v) is 19.9. The van der Waals surface area contributed by atoms with Crippen LogP contribution in [0.4, 0.5) is 4.39 Å². The van der Waals surface area contributed by atoms with Crippen LogP contribution in [0.1, 0.15) is 29.4 Å². The third kappa shape index (κ3) is 5.53. The molecule has 0 aliphatic heterocycles. The van der Waals surface area contributed by atoms with E-state index in [-0.39, 0.29) is 24.9 Å². The highest BCUT2D eigenvalue weighted by Gasteiger charge is 2.13. The Morgan fingerprint density at radius 3 is 2.62 bits per heavy atom. The second kappa shape index (κ2) is 10.4. The number of hydrogen-bond donors (Lipinski definition) is 1. The first-order valence-corrected chi connectivity index (χ1v) is 10.7. The van der Waals surface area contributed by atoms with E-state index in [0.29, 0.717) is 22.8 Å². The quantitative estimate of drug-likeness (QED) is 0.362. The molecule has 0 bridgehead atoms. The van der Waals surface area contributed by atoms with Gasteiger partial charge in [-0.25, -0.2) is 9.82 Å². The van der Waals surface area contributed by atoms with E-state index in [0.717, 1.165) is 21.4 Å². The first-order chi connectivity index (χ1) is 15.3. The predicted octanol–water partition coefficient (Wildman–Crippen LogP) is 4.53. The molecule has 1 heterocycles. The van der Waals surface area contributed by atoms with Crippen LogP contribution < -0.4 is 14.9 Å². The molecule has 1 aromatic heterocycles. The molecule has 2 aromatic carbocycles. The van der Waals surface area contributed by atoms with E-state index in [1.54, 1.807) is 48.0 Å². The highest BCUT2D eigenvalue weighted by atomic mass is 79.9. The maximum Gasteiger partial charge on any atom is 0.261 e. The minimum Gasteiger partial charge on any atom is -0.493 e. The Balaban J connectivity index is 1.66. The first-order valence-electron chi connectivity index (χ1n) is 9.87. The maximum atomic E-state index is 13.8. The van der Waals surface area contributed by atoms with Crippen LogP contribution in [0, 0.1) is 19.7 Å². The molecule has 0 atom stereocenters. The van der Waals surface area contributed by atoms with Gasteiger partial charge in [-0.15, -0.1) is 0 Å². The Kier molecular flexibility index (Phi) is 7.63. The summed E-state index contributed by atoms with van der Waals surface area (Å²) in [6.07, 6.45) is 0. The van der Waals surface area contributed by atoms with E-state index in [4.69, 9.17) is 9.47 Å². The molecule has 0 saturated carbocycles. The van der Waals surface area contributed by atoms with Gasteiger partial charge < -0.3 is 9.47 Å². The summed E-state index contributed by atoms with van der Waals surface area (Å²) in [4.78, 5) is 12.3. The third-order valence-corrected chi connectivity index (χ3v) is 6.00. The van der Waals surface area contributed by atoms with Gasteiger partial charge in [0, 0.05) is 11.1 Å². The largest absolute Gasteiger partial charge is 0.493 e. The lowest BCUT2D eigenvalue weighted by atomic mass is 10.1. The van der Waals surface area contributed by atoms with Crippen molar-refractivity contribution in [1.29, 1.82) is 0 Å². The maximum absolute atomic E-state index is 13.8. The number of aryl methyl sites for hydroxylation is 1. The lowest BCUT2D eigenvalue weighted by Crippen LogP contribution is -2.25. The molecular weight excluding hydrogens is 479 g/mol. The van der Waals surface area contributed by atoms with Crippen molar-refractivity contribution in [2.45, 2.75) is 33.9 Å². The zero-order chi connectivity index (χ0) is 23.3. The van der Waals surface area contributed by atoms with Gasteiger partial charge in [-0.2, -0.15) is 10.2 Å². The highest BCUT2D eigenvalue weighted by molar-refractivity contribution is 9.10. The van der Waals surface area contributed by atoms with Crippen LogP contribution in [0.2, 0.25) is 0 Å². The summed E-state index contributed by atoms with van der Waals surface area (Å²) in [7, 11) is 1.52. The molecule has 0 radical (unpaired) electrons. The molecule has 1 N–H and O–H groups in total. The zero-order valence-electron chi connectivity index (χ0n) is 18.3. The smallest absolute Gasteiger partial charge is 0.261 e. The molecule has 0 saturated heterocycles. The van der Waals surface area contributed by atoms with E-state index in [1.165, 1.54) is 13.2 Å². The van der Waals surface area contributed by atoms with Crippen molar-refractivity contribution < 1.29 is 18.7 Å². The summed E-state index contributed by atoms with van der Waals surface area (Å²) in [5.41, 5.74) is 6.02. The molecule has 3 rings (SSSR count). The number of ether oxygens (including phenoxy) is 2. The number of methoxy groups -OCH3 is 1. The summed E-state index contributed by atoms with van der Waals surface area (Å²) in [5.74, 6) is 0.340. The Bertz CT molecular complexity index is 1160. The van der Waals surface area contributed by atoms with Crippen molar-refractivity contribution in [2.24, 2.45) is 5.10 Å². The van der Waals surface area contributed by atoms with Crippen LogP contribution in [0.25, 0.3) is 0 Å². The number of carbonyl (C=O) groups excluding carboxylic acids is 1. The van der Waals surface area contributed by atoms with Gasteiger partial charge in [-0.3, -0.25) is 9.48 Å². The second-order valence-electron chi connectivity index (χ2n) is 7.12. The molecule has 3 aromatic rings. The first kappa shape index (κ1) is 23.5. The van der Waals surface area contributed by atoms with Gasteiger partial charge in [0.15, 0.2) is 11.5 Å². The van der Waals surface area contributed by atoms with Gasteiger partial charge in [0.05, 0.1) is 28.7 Å². The standard InChI is InChI=1S/C23H24BrFN4O3/c1-14(26-27-22(30)12-29-16(3)23(24)15(2)28-29)17-9-10-20(21(11-17)31-4)32-13-18-7-5-6-8-19(18)25/h5-11H,12-13H2,1-4H3,(H,27,30). The monoisotopic (exact) mass is 502 g/mol. The number of hydrogen-bond acceptors (Lipinski definition) is 5. The van der Waals surface area contributed by atoms with Gasteiger partial charge in [0.25, 0.3) is 5.91 Å². The lowest BCUT2D eigenvalue weighted by Gasteiger charge is -2.13. The third-order valence-electron chi connectivity index (χ3n) is 4.86. The van der Waals surface area contributed by atoms with Crippen LogP contribution >= 0.6 is 15.9 Å². The number of benzene rings is 2. The molecule has 168 valence electrons. The van der Waals surface area contributed by atoms with E-state index in [2.05, 4.69) is 31.6 Å². The number of halogens is 2. The van der Waals surface area contributed by atoms with Gasteiger partial charge in [-0.1, -0.05) is 18.2 Å². The molecule has 32 heavy (non-hydrogen) atoms. The molecule has 0 aliphatic rings. The number of nitrogens with one attached hydrogen (secondary N) is 1.